The second-order valence-electron chi connectivity index (χ2n) is 10.6. The van der Waals surface area contributed by atoms with E-state index >= 15 is 0 Å². The summed E-state index contributed by atoms with van der Waals surface area (Å²) in [6.07, 6.45) is 1.23. The first kappa shape index (κ1) is 29.7. The second-order valence-corrected chi connectivity index (χ2v) is 10.6. The Morgan fingerprint density at radius 2 is 1.82 bits per heavy atom. The van der Waals surface area contributed by atoms with Crippen LogP contribution >= 0.6 is 0 Å². The van der Waals surface area contributed by atoms with Crippen molar-refractivity contribution in [1.29, 1.82) is 0 Å². The summed E-state index contributed by atoms with van der Waals surface area (Å²) in [6.45, 7) is 7.99. The highest BCUT2D eigenvalue weighted by molar-refractivity contribution is 6.37. The van der Waals surface area contributed by atoms with Crippen molar-refractivity contribution >= 4 is 29.4 Å². The topological polar surface area (TPSA) is 149 Å². The summed E-state index contributed by atoms with van der Waals surface area (Å²) in [6, 6.07) is 8.34. The Morgan fingerprint density at radius 3 is 2.49 bits per heavy atom. The number of esters is 1. The first-order chi connectivity index (χ1) is 18.6. The van der Waals surface area contributed by atoms with Crippen LogP contribution in [0.2, 0.25) is 0 Å². The van der Waals surface area contributed by atoms with Gasteiger partial charge in [-0.25, -0.2) is 0 Å². The molecule has 1 aliphatic heterocycles. The molecule has 210 valence electrons. The van der Waals surface area contributed by atoms with Gasteiger partial charge in [0.2, 0.25) is 11.7 Å². The van der Waals surface area contributed by atoms with E-state index in [1.165, 1.54) is 6.33 Å². The van der Waals surface area contributed by atoms with Gasteiger partial charge in [0, 0.05) is 31.8 Å². The monoisotopic (exact) mass is 539 g/mol. The molecule has 11 nitrogen and oxygen atoms in total. The number of fused-ring (bicyclic) bond motifs is 1. The zero-order chi connectivity index (χ0) is 28.5. The number of aromatic nitrogens is 3. The summed E-state index contributed by atoms with van der Waals surface area (Å²) in [5, 5.41) is 13.3. The van der Waals surface area contributed by atoms with Crippen LogP contribution in [0.15, 0.2) is 36.7 Å². The van der Waals surface area contributed by atoms with Crippen LogP contribution in [0.25, 0.3) is 0 Å². The van der Waals surface area contributed by atoms with Crippen molar-refractivity contribution in [3.63, 3.8) is 0 Å². The van der Waals surface area contributed by atoms with Crippen LogP contribution in [0.5, 0.6) is 0 Å². The van der Waals surface area contributed by atoms with Gasteiger partial charge in [-0.2, -0.15) is 0 Å². The summed E-state index contributed by atoms with van der Waals surface area (Å²) in [4.78, 5) is 64.4. The molecule has 2 heterocycles. The number of benzene rings is 1. The third-order valence-electron chi connectivity index (χ3n) is 6.89. The molecule has 1 aromatic heterocycles. The Balaban J connectivity index is 1.67. The summed E-state index contributed by atoms with van der Waals surface area (Å²) >= 11 is 0. The predicted molar refractivity (Wildman–Crippen MR) is 141 cm³/mol. The molecule has 0 radical (unpaired) electrons. The molecule has 11 heteroatoms. The number of amides is 2. The molecule has 2 aromatic rings. The molecule has 2 N–H and O–H groups in total. The number of Topliss-reactive ketones (excluding diaryl/α,β-unsaturated/α-hetero) is 2. The standard InChI is InChI=1S/C28H37N5O6/c1-17(2)21(14-24(35)39-15-19-8-6-5-7-9-19)27(37)31-25(18(3)4)22(34)12-20-13-23-32-30-16-33(23)11-10-29-28(38)26(20)36/h5-9,16-18,20-21,25H,10-15H2,1-4H3,(H,29,38)(H,31,37). The number of ketones is 2. The molecule has 0 bridgehead atoms. The Morgan fingerprint density at radius 1 is 1.10 bits per heavy atom. The fourth-order valence-electron chi connectivity index (χ4n) is 4.52. The Labute approximate surface area is 228 Å². The van der Waals surface area contributed by atoms with Gasteiger partial charge in [0.25, 0.3) is 5.91 Å². The lowest BCUT2D eigenvalue weighted by Gasteiger charge is -2.27. The van der Waals surface area contributed by atoms with E-state index in [1.54, 1.807) is 18.4 Å². The van der Waals surface area contributed by atoms with Crippen LogP contribution in [0.4, 0.5) is 0 Å². The van der Waals surface area contributed by atoms with Gasteiger partial charge >= 0.3 is 5.97 Å². The predicted octanol–water partition coefficient (Wildman–Crippen LogP) is 1.64. The van der Waals surface area contributed by atoms with E-state index in [4.69, 9.17) is 4.74 Å². The van der Waals surface area contributed by atoms with E-state index in [1.807, 2.05) is 44.2 Å². The number of carbonyl (C=O) groups is 5. The van der Waals surface area contributed by atoms with Crippen LogP contribution in [-0.2, 0) is 48.3 Å². The van der Waals surface area contributed by atoms with Crippen molar-refractivity contribution in [3.8, 4) is 0 Å². The minimum atomic E-state index is -0.939. The summed E-state index contributed by atoms with van der Waals surface area (Å²) < 4.78 is 7.10. The van der Waals surface area contributed by atoms with Crippen LogP contribution in [0.1, 0.15) is 51.9 Å². The average Bonchev–Trinajstić information content (AvgIpc) is 3.35. The highest BCUT2D eigenvalue weighted by atomic mass is 16.5. The first-order valence-corrected chi connectivity index (χ1v) is 13.3. The molecule has 1 aliphatic rings. The first-order valence-electron chi connectivity index (χ1n) is 13.3. The molecule has 0 fully saturated rings. The van der Waals surface area contributed by atoms with Crippen molar-refractivity contribution in [2.24, 2.45) is 23.7 Å². The highest BCUT2D eigenvalue weighted by Crippen LogP contribution is 2.21. The van der Waals surface area contributed by atoms with Crippen molar-refractivity contribution in [3.05, 3.63) is 48.0 Å². The number of rotatable bonds is 11. The van der Waals surface area contributed by atoms with Crippen LogP contribution in [0.3, 0.4) is 0 Å². The number of nitrogens with one attached hydrogen (secondary N) is 2. The molecular weight excluding hydrogens is 502 g/mol. The lowest BCUT2D eigenvalue weighted by Crippen LogP contribution is -2.49. The third kappa shape index (κ3) is 8.30. The van der Waals surface area contributed by atoms with E-state index in [-0.39, 0.29) is 50.0 Å². The fourth-order valence-corrected chi connectivity index (χ4v) is 4.52. The summed E-state index contributed by atoms with van der Waals surface area (Å²) in [7, 11) is 0. The zero-order valence-corrected chi connectivity index (χ0v) is 22.9. The van der Waals surface area contributed by atoms with Crippen LogP contribution in [-0.4, -0.2) is 56.7 Å². The quantitative estimate of drug-likeness (QED) is 0.323. The average molecular weight is 540 g/mol. The number of nitrogens with zero attached hydrogens (tertiary/aromatic N) is 3. The molecule has 0 aliphatic carbocycles. The van der Waals surface area contributed by atoms with Gasteiger partial charge in [0.15, 0.2) is 5.78 Å². The molecule has 3 rings (SSSR count). The Hall–Kier alpha value is -3.89. The molecular formula is C28H37N5O6. The molecule has 2 amide bonds. The molecule has 1 aromatic carbocycles. The largest absolute Gasteiger partial charge is 0.461 e. The van der Waals surface area contributed by atoms with E-state index in [9.17, 15) is 24.0 Å². The van der Waals surface area contributed by atoms with Crippen molar-refractivity contribution in [2.75, 3.05) is 6.54 Å². The Kier molecular flexibility index (Phi) is 10.5. The molecule has 3 atom stereocenters. The van der Waals surface area contributed by atoms with Crippen molar-refractivity contribution in [2.45, 2.75) is 66.2 Å². The lowest BCUT2D eigenvalue weighted by molar-refractivity contribution is -0.149. The lowest BCUT2D eigenvalue weighted by atomic mass is 9.86. The number of ether oxygens (including phenoxy) is 1. The van der Waals surface area contributed by atoms with E-state index in [0.29, 0.717) is 12.4 Å². The molecule has 3 unspecified atom stereocenters. The molecule has 0 saturated heterocycles. The maximum Gasteiger partial charge on any atom is 0.306 e. The SMILES string of the molecule is CC(C)C(CC(=O)OCc1ccccc1)C(=O)NC(C(=O)CC1Cc2nncn2CCNC(=O)C1=O)C(C)C. The van der Waals surface area contributed by atoms with Gasteiger partial charge in [-0.3, -0.25) is 24.0 Å². The highest BCUT2D eigenvalue weighted by Gasteiger charge is 2.35. The van der Waals surface area contributed by atoms with Crippen molar-refractivity contribution in [1.82, 2.24) is 25.4 Å². The minimum absolute atomic E-state index is 0.0820. The fraction of sp³-hybridized carbons (Fsp3) is 0.536. The maximum absolute atomic E-state index is 13.4. The van der Waals surface area contributed by atoms with Gasteiger partial charge in [-0.1, -0.05) is 58.0 Å². The number of carbonyl (C=O) groups excluding carboxylic acids is 5. The smallest absolute Gasteiger partial charge is 0.306 e. The molecule has 0 saturated carbocycles. The van der Waals surface area contributed by atoms with Gasteiger partial charge < -0.3 is 19.9 Å². The van der Waals surface area contributed by atoms with E-state index in [0.717, 1.165) is 5.56 Å². The summed E-state index contributed by atoms with van der Waals surface area (Å²) in [5.41, 5.74) is 0.841. The normalized spacial score (nSPS) is 17.3. The van der Waals surface area contributed by atoms with E-state index in [2.05, 4.69) is 20.8 Å². The summed E-state index contributed by atoms with van der Waals surface area (Å²) in [5.74, 6) is -4.38. The number of hydrogen-bond acceptors (Lipinski definition) is 8. The zero-order valence-electron chi connectivity index (χ0n) is 22.9. The van der Waals surface area contributed by atoms with E-state index < -0.39 is 41.4 Å². The Bertz CT molecular complexity index is 1180. The third-order valence-corrected chi connectivity index (χ3v) is 6.89. The van der Waals surface area contributed by atoms with Crippen LogP contribution < -0.4 is 10.6 Å². The van der Waals surface area contributed by atoms with Gasteiger partial charge in [-0.15, -0.1) is 10.2 Å². The van der Waals surface area contributed by atoms with Gasteiger partial charge in [0.05, 0.1) is 18.4 Å². The minimum Gasteiger partial charge on any atom is -0.461 e. The van der Waals surface area contributed by atoms with Crippen LogP contribution in [0, 0.1) is 23.7 Å². The van der Waals surface area contributed by atoms with Gasteiger partial charge in [0.1, 0.15) is 18.8 Å². The molecule has 39 heavy (non-hydrogen) atoms. The molecule has 0 spiro atoms. The number of hydrogen-bond donors (Lipinski definition) is 2. The van der Waals surface area contributed by atoms with Gasteiger partial charge in [-0.05, 0) is 17.4 Å². The maximum atomic E-state index is 13.4. The van der Waals surface area contributed by atoms with Crippen molar-refractivity contribution < 1.29 is 28.7 Å². The second kappa shape index (κ2) is 13.8.